The fourth-order valence-electron chi connectivity index (χ4n) is 11.1. The van der Waals surface area contributed by atoms with Crippen molar-refractivity contribution in [3.05, 3.63) is 71.3 Å². The summed E-state index contributed by atoms with van der Waals surface area (Å²) in [6.07, 6.45) is -3.93. The number of nitrogens with one attached hydrogen (secondary N) is 10. The van der Waals surface area contributed by atoms with E-state index in [0.717, 1.165) is 36.1 Å². The first-order chi connectivity index (χ1) is 51.2. The Morgan fingerprint density at radius 3 is 1.71 bits per heavy atom. The molecule has 1 heterocycles. The van der Waals surface area contributed by atoms with Gasteiger partial charge in [0, 0.05) is 36.8 Å². The number of thioether (sulfide) groups is 1. The Bertz CT molecular complexity index is 3420. The number of benzene rings is 2. The maximum absolute atomic E-state index is 14.8. The van der Waals surface area contributed by atoms with Crippen LogP contribution in [0.15, 0.2) is 59.6 Å². The third-order valence-corrected chi connectivity index (χ3v) is 18.8. The third-order valence-electron chi connectivity index (χ3n) is 17.4. The SMILES string of the molecule is CC(C)C[C@H](NC(=O)[C@H](Cc1ccccc1)NC(=O)[C@H](CS)NC(=O)[C@H](CC(=O)O)NC(=O)[C@@H](N)C(C)C)C(=O)N[C@@H](CO)C(=O)N[C@@H](CCCN=C(N)N)C(=O)N1CCC[C@H]1C(=O)N[C@H](C(=O)N[C@@H](CSCCOC(=O)c1ccc(C(C)(C)C)cc1)C(=O)N[C@@H](CCCCN)C(=O)N[C@H](C(=O)O)[C@@H](C)O)[C@@H](C)O. The van der Waals surface area contributed by atoms with Crippen LogP contribution in [-0.2, 0) is 78.9 Å². The minimum atomic E-state index is -1.85. The summed E-state index contributed by atoms with van der Waals surface area (Å²) in [5, 5.41) is 75.9. The van der Waals surface area contributed by atoms with Crippen molar-refractivity contribution >= 4 is 113 Å². The van der Waals surface area contributed by atoms with E-state index in [2.05, 4.69) is 70.8 Å². The molecule has 1 aliphatic rings. The monoisotopic (exact) mass is 1570 g/mol. The summed E-state index contributed by atoms with van der Waals surface area (Å²) in [5.74, 6) is -16.3. The number of carboxylic acids is 2. The van der Waals surface area contributed by atoms with Crippen LogP contribution in [-0.4, -0.2) is 254 Å². The highest BCUT2D eigenvalue weighted by Crippen LogP contribution is 2.24. The summed E-state index contributed by atoms with van der Waals surface area (Å²) in [6.45, 7) is 13.8. The number of nitrogens with two attached hydrogens (primary N) is 4. The standard InChI is InChI=1S/C71H112N16O20S2/c1-37(2)31-46(79-59(95)47(32-41-17-11-10-12-18-41)80-62(98)50(35-108)83-60(96)48(33-53(91)92)81-65(101)54(73)38(3)4)58(94)82-49(34-88)61(97)78-45(20-15-27-76-70(74)75)67(103)87-28-16-21-52(87)64(100)85-55(39(5)89)66(102)84-51(36-109-30-29-107-69(106)42-22-24-43(25-23-42)71(7,8)9)63(99)77-44(19-13-14-26-72)57(93)86-56(40(6)90)68(104)105/h10-12,17-18,22-25,37-40,44-52,54-56,88-90,108H,13-16,19-21,26-36,72-73H2,1-9H3,(H,77,99)(H,78,97)(H,79,95)(H,80,98)(H,81,101)(H,82,94)(H,83,96)(H,84,102)(H,85,100)(H,86,93)(H,91,92)(H,104,105)(H4,74,75,76)/t39-,40-,44+,45+,46+,47+,48+,49+,50+,51+,52+,54+,55+,56+/m1/s1. The number of ether oxygens (including phenoxy) is 1. The summed E-state index contributed by atoms with van der Waals surface area (Å²) < 4.78 is 5.48. The number of likely N-dealkylation sites (tertiary alicyclic amines) is 1. The minimum Gasteiger partial charge on any atom is -0.481 e. The Balaban J connectivity index is 1.93. The molecule has 2 aromatic carbocycles. The van der Waals surface area contributed by atoms with Gasteiger partial charge >= 0.3 is 17.9 Å². The molecule has 36 nitrogen and oxygen atoms in total. The van der Waals surface area contributed by atoms with Crippen LogP contribution in [0.4, 0.5) is 0 Å². The molecule has 14 atom stereocenters. The Morgan fingerprint density at radius 2 is 1.15 bits per heavy atom. The van der Waals surface area contributed by atoms with Crippen LogP contribution in [0.25, 0.3) is 0 Å². The fourth-order valence-corrected chi connectivity index (χ4v) is 12.2. The van der Waals surface area contributed by atoms with Crippen molar-refractivity contribution in [3.63, 3.8) is 0 Å². The average Bonchev–Trinajstić information content (AvgIpc) is 1.72. The van der Waals surface area contributed by atoms with Gasteiger partial charge in [0.15, 0.2) is 12.0 Å². The quantitative estimate of drug-likeness (QED) is 0.0100. The number of carboxylic acid groups (broad SMARTS) is 2. The molecule has 0 aromatic heterocycles. The van der Waals surface area contributed by atoms with E-state index in [9.17, 15) is 92.7 Å². The number of guanidine groups is 1. The molecule has 1 aliphatic heterocycles. The lowest BCUT2D eigenvalue weighted by molar-refractivity contribution is -0.145. The average molecular weight is 1570 g/mol. The molecule has 0 unspecified atom stereocenters. The maximum atomic E-state index is 14.8. The number of aliphatic carboxylic acids is 2. The summed E-state index contributed by atoms with van der Waals surface area (Å²) in [4.78, 5) is 197. The molecule has 2 aromatic rings. The number of carbonyl (C=O) groups excluding carboxylic acids is 12. The molecule has 0 radical (unpaired) electrons. The van der Waals surface area contributed by atoms with E-state index < -0.39 is 192 Å². The van der Waals surface area contributed by atoms with Crippen LogP contribution in [0.2, 0.25) is 0 Å². The lowest BCUT2D eigenvalue weighted by atomic mass is 9.87. The number of aliphatic hydroxyl groups excluding tert-OH is 3. The van der Waals surface area contributed by atoms with Crippen molar-refractivity contribution < 1.29 is 97.4 Å². The molecule has 109 heavy (non-hydrogen) atoms. The van der Waals surface area contributed by atoms with Gasteiger partial charge in [0.25, 0.3) is 0 Å². The first-order valence-corrected chi connectivity index (χ1v) is 37.8. The van der Waals surface area contributed by atoms with Crippen LogP contribution in [0.1, 0.15) is 142 Å². The van der Waals surface area contributed by atoms with Gasteiger partial charge < -0.3 is 111 Å². The summed E-state index contributed by atoms with van der Waals surface area (Å²) in [5.41, 5.74) is 24.4. The van der Waals surface area contributed by atoms with Gasteiger partial charge in [0.05, 0.1) is 36.8 Å². The molecule has 608 valence electrons. The molecule has 1 saturated heterocycles. The topological polar surface area (TPSA) is 589 Å². The summed E-state index contributed by atoms with van der Waals surface area (Å²) >= 11 is 5.24. The number of carbonyl (C=O) groups is 14. The van der Waals surface area contributed by atoms with E-state index in [1.807, 2.05) is 20.8 Å². The van der Waals surface area contributed by atoms with Crippen molar-refractivity contribution in [3.8, 4) is 0 Å². The summed E-state index contributed by atoms with van der Waals surface area (Å²) in [6, 6.07) is -3.57. The van der Waals surface area contributed by atoms with Crippen molar-refractivity contribution in [2.45, 2.75) is 217 Å². The van der Waals surface area contributed by atoms with Crippen LogP contribution >= 0.6 is 24.4 Å². The number of esters is 1. The maximum Gasteiger partial charge on any atom is 0.338 e. The molecule has 38 heteroatoms. The molecule has 23 N–H and O–H groups in total. The second kappa shape index (κ2) is 47.0. The van der Waals surface area contributed by atoms with Gasteiger partial charge in [-0.2, -0.15) is 24.4 Å². The first kappa shape index (κ1) is 94.0. The normalized spacial score (nSPS) is 16.4. The number of hydrogen-bond donors (Lipinski definition) is 20. The number of thiol groups is 1. The lowest BCUT2D eigenvalue weighted by Gasteiger charge is -2.31. The highest BCUT2D eigenvalue weighted by Gasteiger charge is 2.42. The Morgan fingerprint density at radius 1 is 0.624 bits per heavy atom. The van der Waals surface area contributed by atoms with E-state index in [-0.39, 0.29) is 112 Å². The second-order valence-electron chi connectivity index (χ2n) is 28.3. The summed E-state index contributed by atoms with van der Waals surface area (Å²) in [7, 11) is 0. The highest BCUT2D eigenvalue weighted by molar-refractivity contribution is 7.99. The smallest absolute Gasteiger partial charge is 0.338 e. The van der Waals surface area contributed by atoms with Crippen molar-refractivity contribution in [2.24, 2.45) is 39.8 Å². The van der Waals surface area contributed by atoms with E-state index in [0.29, 0.717) is 12.0 Å². The molecule has 0 saturated carbocycles. The van der Waals surface area contributed by atoms with Gasteiger partial charge in [0.2, 0.25) is 65.0 Å². The Kier molecular flexibility index (Phi) is 40.5. The Hall–Kier alpha value is -9.21. The number of aliphatic imine (C=N–C) groups is 1. The predicted molar refractivity (Wildman–Crippen MR) is 406 cm³/mol. The molecule has 0 spiro atoms. The van der Waals surface area contributed by atoms with E-state index in [1.165, 1.54) is 0 Å². The molecule has 3 rings (SSSR count). The first-order valence-electron chi connectivity index (χ1n) is 36.0. The molecule has 11 amide bonds. The molecular weight excluding hydrogens is 1460 g/mol. The van der Waals surface area contributed by atoms with Crippen molar-refractivity contribution in [1.82, 2.24) is 58.1 Å². The molecule has 0 aliphatic carbocycles. The molecular formula is C71H112N16O20S2. The number of unbranched alkanes of at least 4 members (excludes halogenated alkanes) is 1. The van der Waals surface area contributed by atoms with Gasteiger partial charge in [-0.3, -0.25) is 62.5 Å². The fraction of sp³-hybridized carbons (Fsp3) is 0.620. The highest BCUT2D eigenvalue weighted by atomic mass is 32.2. The zero-order valence-electron chi connectivity index (χ0n) is 63.1. The third kappa shape index (κ3) is 32.5. The van der Waals surface area contributed by atoms with Gasteiger partial charge in [0.1, 0.15) is 67.0 Å². The number of amides is 11. The second-order valence-corrected chi connectivity index (χ2v) is 29.8. The Labute approximate surface area is 643 Å². The van der Waals surface area contributed by atoms with E-state index >= 15 is 0 Å². The van der Waals surface area contributed by atoms with Crippen LogP contribution in [0.5, 0.6) is 0 Å². The number of hydrogen-bond acceptors (Lipinski definition) is 23. The zero-order valence-corrected chi connectivity index (χ0v) is 64.8. The number of aliphatic hydroxyl groups is 3. The lowest BCUT2D eigenvalue weighted by Crippen LogP contribution is -2.62. The van der Waals surface area contributed by atoms with Gasteiger partial charge in [-0.25, -0.2) is 9.59 Å². The van der Waals surface area contributed by atoms with Crippen LogP contribution in [0.3, 0.4) is 0 Å². The van der Waals surface area contributed by atoms with Crippen molar-refractivity contribution in [2.75, 3.05) is 50.1 Å². The van der Waals surface area contributed by atoms with Crippen LogP contribution in [0, 0.1) is 11.8 Å². The molecule has 0 bridgehead atoms. The number of rotatable bonds is 47. The van der Waals surface area contributed by atoms with E-state index in [1.54, 1.807) is 82.3 Å². The van der Waals surface area contributed by atoms with Gasteiger partial charge in [-0.1, -0.05) is 90.9 Å². The molecule has 1 fully saturated rings. The zero-order chi connectivity index (χ0) is 82.0. The largest absolute Gasteiger partial charge is 0.481 e. The van der Waals surface area contributed by atoms with Crippen LogP contribution < -0.4 is 76.1 Å². The van der Waals surface area contributed by atoms with E-state index in [4.69, 9.17) is 27.7 Å². The van der Waals surface area contributed by atoms with Gasteiger partial charge in [-0.05, 0) is 112 Å². The van der Waals surface area contributed by atoms with Crippen molar-refractivity contribution in [1.29, 1.82) is 0 Å². The predicted octanol–water partition coefficient (Wildman–Crippen LogP) is -3.59. The van der Waals surface area contributed by atoms with Gasteiger partial charge in [-0.15, -0.1) is 0 Å². The minimum absolute atomic E-state index is 0.0225. The number of nitrogens with zero attached hydrogens (tertiary/aromatic N) is 2.